The van der Waals surface area contributed by atoms with E-state index in [-0.39, 0.29) is 17.7 Å². The van der Waals surface area contributed by atoms with Gasteiger partial charge in [0.15, 0.2) is 0 Å². The molecule has 0 bridgehead atoms. The highest BCUT2D eigenvalue weighted by molar-refractivity contribution is 7.16. The van der Waals surface area contributed by atoms with Crippen molar-refractivity contribution < 1.29 is 19.1 Å². The SMILES string of the molecule is CCOC(=O)c1cc(CC)sc1NC(=O)C1CCCN(C(=O)CC)C1. The third-order valence-electron chi connectivity index (χ3n) is 4.31. The minimum absolute atomic E-state index is 0.0779. The minimum atomic E-state index is -0.416. The summed E-state index contributed by atoms with van der Waals surface area (Å²) >= 11 is 1.40. The number of thiophene rings is 1. The number of amides is 2. The Bertz CT molecular complexity index is 641. The Kier molecular flexibility index (Phi) is 6.99. The van der Waals surface area contributed by atoms with E-state index in [4.69, 9.17) is 4.74 Å². The van der Waals surface area contributed by atoms with Crippen molar-refractivity contribution in [3.63, 3.8) is 0 Å². The van der Waals surface area contributed by atoms with Gasteiger partial charge >= 0.3 is 5.97 Å². The number of hydrogen-bond donors (Lipinski definition) is 1. The topological polar surface area (TPSA) is 75.7 Å². The molecule has 0 aromatic carbocycles. The van der Waals surface area contributed by atoms with E-state index in [1.54, 1.807) is 17.9 Å². The lowest BCUT2D eigenvalue weighted by Crippen LogP contribution is -2.43. The lowest BCUT2D eigenvalue weighted by Gasteiger charge is -2.31. The molecule has 0 saturated carbocycles. The molecule has 1 aromatic heterocycles. The van der Waals surface area contributed by atoms with Crippen LogP contribution in [0.1, 0.15) is 55.3 Å². The van der Waals surface area contributed by atoms with Gasteiger partial charge in [0.05, 0.1) is 18.1 Å². The third kappa shape index (κ3) is 4.81. The summed E-state index contributed by atoms with van der Waals surface area (Å²) in [7, 11) is 0. The summed E-state index contributed by atoms with van der Waals surface area (Å²) in [5.74, 6) is -0.718. The maximum absolute atomic E-state index is 12.7. The lowest BCUT2D eigenvalue weighted by atomic mass is 9.97. The van der Waals surface area contributed by atoms with E-state index in [2.05, 4.69) is 5.32 Å². The van der Waals surface area contributed by atoms with Crippen LogP contribution >= 0.6 is 11.3 Å². The van der Waals surface area contributed by atoms with Crippen molar-refractivity contribution in [2.45, 2.75) is 46.5 Å². The highest BCUT2D eigenvalue weighted by Crippen LogP contribution is 2.30. The highest BCUT2D eigenvalue weighted by atomic mass is 32.1. The molecule has 1 unspecified atom stereocenters. The van der Waals surface area contributed by atoms with Gasteiger partial charge in [0.1, 0.15) is 5.00 Å². The van der Waals surface area contributed by atoms with Gasteiger partial charge in [-0.25, -0.2) is 4.79 Å². The van der Waals surface area contributed by atoms with E-state index in [0.717, 1.165) is 24.1 Å². The number of rotatable bonds is 6. The van der Waals surface area contributed by atoms with Crippen LogP contribution in [0.5, 0.6) is 0 Å². The summed E-state index contributed by atoms with van der Waals surface area (Å²) in [4.78, 5) is 39.4. The summed E-state index contributed by atoms with van der Waals surface area (Å²) in [6, 6.07) is 1.78. The van der Waals surface area contributed by atoms with Gasteiger partial charge < -0.3 is 15.0 Å². The van der Waals surface area contributed by atoms with E-state index in [9.17, 15) is 14.4 Å². The van der Waals surface area contributed by atoms with Crippen LogP contribution in [-0.4, -0.2) is 42.4 Å². The van der Waals surface area contributed by atoms with Gasteiger partial charge in [-0.2, -0.15) is 0 Å². The molecule has 1 N–H and O–H groups in total. The molecule has 6 nitrogen and oxygen atoms in total. The quantitative estimate of drug-likeness (QED) is 0.785. The molecule has 7 heteroatoms. The second kappa shape index (κ2) is 8.99. The van der Waals surface area contributed by atoms with E-state index in [1.807, 2.05) is 13.8 Å². The molecule has 0 radical (unpaired) electrons. The van der Waals surface area contributed by atoms with Crippen molar-refractivity contribution in [1.29, 1.82) is 0 Å². The number of nitrogens with zero attached hydrogens (tertiary/aromatic N) is 1. The number of hydrogen-bond acceptors (Lipinski definition) is 5. The maximum atomic E-state index is 12.7. The Morgan fingerprint density at radius 3 is 2.72 bits per heavy atom. The smallest absolute Gasteiger partial charge is 0.341 e. The van der Waals surface area contributed by atoms with Crippen LogP contribution in [0.25, 0.3) is 0 Å². The fourth-order valence-electron chi connectivity index (χ4n) is 2.92. The van der Waals surface area contributed by atoms with Gasteiger partial charge in [-0.3, -0.25) is 9.59 Å². The first kappa shape index (κ1) is 19.4. The van der Waals surface area contributed by atoms with Crippen LogP contribution in [-0.2, 0) is 20.7 Å². The van der Waals surface area contributed by atoms with Gasteiger partial charge in [0.2, 0.25) is 11.8 Å². The maximum Gasteiger partial charge on any atom is 0.341 e. The van der Waals surface area contributed by atoms with Crippen molar-refractivity contribution in [2.75, 3.05) is 25.0 Å². The van der Waals surface area contributed by atoms with Gasteiger partial charge in [0, 0.05) is 24.4 Å². The fourth-order valence-corrected chi connectivity index (χ4v) is 3.91. The zero-order chi connectivity index (χ0) is 18.4. The van der Waals surface area contributed by atoms with Crippen LogP contribution in [0.3, 0.4) is 0 Å². The Morgan fingerprint density at radius 1 is 1.32 bits per heavy atom. The van der Waals surface area contributed by atoms with Gasteiger partial charge in [-0.15, -0.1) is 11.3 Å². The first-order valence-electron chi connectivity index (χ1n) is 8.88. The van der Waals surface area contributed by atoms with Gasteiger partial charge in [0.25, 0.3) is 0 Å². The number of carbonyl (C=O) groups is 3. The number of nitrogens with one attached hydrogen (secondary N) is 1. The largest absolute Gasteiger partial charge is 0.462 e. The van der Waals surface area contributed by atoms with Gasteiger partial charge in [-0.05, 0) is 32.3 Å². The molecular formula is C18H26N2O4S. The number of ether oxygens (including phenoxy) is 1. The van der Waals surface area contributed by atoms with E-state index >= 15 is 0 Å². The first-order valence-corrected chi connectivity index (χ1v) is 9.70. The Morgan fingerprint density at radius 2 is 2.08 bits per heavy atom. The van der Waals surface area contributed by atoms with E-state index in [1.165, 1.54) is 11.3 Å². The molecule has 0 aliphatic carbocycles. The molecule has 1 aromatic rings. The monoisotopic (exact) mass is 366 g/mol. The number of carbonyl (C=O) groups excluding carboxylic acids is 3. The Hall–Kier alpha value is -1.89. The van der Waals surface area contributed by atoms with Crippen LogP contribution in [0.2, 0.25) is 0 Å². The zero-order valence-corrected chi connectivity index (χ0v) is 15.9. The van der Waals surface area contributed by atoms with Crippen LogP contribution in [0.4, 0.5) is 5.00 Å². The second-order valence-electron chi connectivity index (χ2n) is 6.05. The first-order chi connectivity index (χ1) is 12.0. The molecule has 1 atom stereocenters. The number of aryl methyl sites for hydroxylation is 1. The van der Waals surface area contributed by atoms with Crippen molar-refractivity contribution >= 4 is 34.1 Å². The predicted octanol–water partition coefficient (Wildman–Crippen LogP) is 3.07. The predicted molar refractivity (Wildman–Crippen MR) is 97.9 cm³/mol. The Labute approximate surface area is 152 Å². The second-order valence-corrected chi connectivity index (χ2v) is 7.19. The molecule has 1 aliphatic heterocycles. The number of likely N-dealkylation sites (tertiary alicyclic amines) is 1. The average Bonchev–Trinajstić information content (AvgIpc) is 3.04. The molecule has 138 valence electrons. The molecule has 0 spiro atoms. The number of esters is 1. The summed E-state index contributed by atoms with van der Waals surface area (Å²) in [5.41, 5.74) is 0.411. The third-order valence-corrected chi connectivity index (χ3v) is 5.51. The number of anilines is 1. The molecule has 2 amide bonds. The van der Waals surface area contributed by atoms with Crippen LogP contribution in [0.15, 0.2) is 6.07 Å². The number of piperidine rings is 1. The van der Waals surface area contributed by atoms with E-state index < -0.39 is 5.97 Å². The van der Waals surface area contributed by atoms with E-state index in [0.29, 0.717) is 36.7 Å². The van der Waals surface area contributed by atoms with Crippen molar-refractivity contribution in [3.05, 3.63) is 16.5 Å². The fraction of sp³-hybridized carbons (Fsp3) is 0.611. The molecule has 25 heavy (non-hydrogen) atoms. The molecule has 1 aliphatic rings. The molecule has 2 heterocycles. The summed E-state index contributed by atoms with van der Waals surface area (Å²) in [6.45, 7) is 7.03. The molecular weight excluding hydrogens is 340 g/mol. The standard InChI is InChI=1S/C18H26N2O4S/c1-4-13-10-14(18(23)24-6-3)17(25-13)19-16(22)12-8-7-9-20(11-12)15(21)5-2/h10,12H,4-9,11H2,1-3H3,(H,19,22). The van der Waals surface area contributed by atoms with Crippen molar-refractivity contribution in [2.24, 2.45) is 5.92 Å². The Balaban J connectivity index is 2.10. The summed E-state index contributed by atoms with van der Waals surface area (Å²) < 4.78 is 5.08. The minimum Gasteiger partial charge on any atom is -0.462 e. The van der Waals surface area contributed by atoms with Crippen LogP contribution in [0, 0.1) is 5.92 Å². The summed E-state index contributed by atoms with van der Waals surface area (Å²) in [5, 5.41) is 3.43. The average molecular weight is 366 g/mol. The normalized spacial score (nSPS) is 17.2. The summed E-state index contributed by atoms with van der Waals surface area (Å²) in [6.07, 6.45) is 2.81. The molecule has 2 rings (SSSR count). The lowest BCUT2D eigenvalue weighted by molar-refractivity contribution is -0.134. The molecule has 1 saturated heterocycles. The van der Waals surface area contributed by atoms with Crippen LogP contribution < -0.4 is 5.32 Å². The highest BCUT2D eigenvalue weighted by Gasteiger charge is 2.29. The van der Waals surface area contributed by atoms with Crippen molar-refractivity contribution in [3.8, 4) is 0 Å². The van der Waals surface area contributed by atoms with Crippen molar-refractivity contribution in [1.82, 2.24) is 4.90 Å². The van der Waals surface area contributed by atoms with Gasteiger partial charge in [-0.1, -0.05) is 13.8 Å². The molecule has 1 fully saturated rings. The zero-order valence-electron chi connectivity index (χ0n) is 15.1.